The lowest BCUT2D eigenvalue weighted by atomic mass is 9.79. The number of piperidine rings is 1. The first-order chi connectivity index (χ1) is 14.6. The van der Waals surface area contributed by atoms with Crippen molar-refractivity contribution in [3.63, 3.8) is 0 Å². The molecule has 0 unspecified atom stereocenters. The van der Waals surface area contributed by atoms with Crippen LogP contribution in [-0.4, -0.2) is 69.4 Å². The summed E-state index contributed by atoms with van der Waals surface area (Å²) in [5.41, 5.74) is 0.293. The largest absolute Gasteiger partial charge is 0.356 e. The number of rotatable bonds is 9. The zero-order valence-corrected chi connectivity index (χ0v) is 22.8. The minimum atomic E-state index is 0. The Morgan fingerprint density at radius 2 is 1.77 bits per heavy atom. The van der Waals surface area contributed by atoms with Gasteiger partial charge in [0.05, 0.1) is 0 Å². The normalized spacial score (nSPS) is 19.6. The molecule has 1 aromatic rings. The van der Waals surface area contributed by atoms with Gasteiger partial charge in [0, 0.05) is 25.7 Å². The SMILES string of the molecule is CSCCCNC(=NCc1nnc(C)n1C)NCC1(N2CCCCC2)CCCCC1.I. The first kappa shape index (κ1) is 26.7. The van der Waals surface area contributed by atoms with Crippen LogP contribution in [0.4, 0.5) is 0 Å². The number of aromatic nitrogens is 3. The molecule has 2 aliphatic rings. The van der Waals surface area contributed by atoms with E-state index in [0.29, 0.717) is 12.1 Å². The lowest BCUT2D eigenvalue weighted by Crippen LogP contribution is -2.59. The van der Waals surface area contributed by atoms with Gasteiger partial charge in [0.25, 0.3) is 0 Å². The number of nitrogens with zero attached hydrogens (tertiary/aromatic N) is 5. The van der Waals surface area contributed by atoms with Gasteiger partial charge in [0.2, 0.25) is 0 Å². The number of thioether (sulfide) groups is 1. The fraction of sp³-hybridized carbons (Fsp3) is 0.864. The minimum Gasteiger partial charge on any atom is -0.356 e. The molecule has 0 bridgehead atoms. The summed E-state index contributed by atoms with van der Waals surface area (Å²) in [5.74, 6) is 3.91. The summed E-state index contributed by atoms with van der Waals surface area (Å²) in [7, 11) is 2.01. The van der Waals surface area contributed by atoms with Crippen molar-refractivity contribution in [2.75, 3.05) is 38.2 Å². The summed E-state index contributed by atoms with van der Waals surface area (Å²) in [6.07, 6.45) is 14.1. The Labute approximate surface area is 210 Å². The Bertz CT molecular complexity index is 667. The molecule has 0 atom stereocenters. The van der Waals surface area contributed by atoms with E-state index in [-0.39, 0.29) is 24.0 Å². The number of nitrogens with one attached hydrogen (secondary N) is 2. The summed E-state index contributed by atoms with van der Waals surface area (Å²) in [4.78, 5) is 7.66. The van der Waals surface area contributed by atoms with E-state index in [9.17, 15) is 0 Å². The molecule has 0 amide bonds. The molecule has 7 nitrogen and oxygen atoms in total. The Hall–Kier alpha value is -0.550. The van der Waals surface area contributed by atoms with E-state index in [1.54, 1.807) is 0 Å². The smallest absolute Gasteiger partial charge is 0.191 e. The third-order valence-electron chi connectivity index (χ3n) is 6.78. The number of hydrogen-bond donors (Lipinski definition) is 2. The van der Waals surface area contributed by atoms with Crippen LogP contribution in [0.5, 0.6) is 0 Å². The van der Waals surface area contributed by atoms with Gasteiger partial charge in [-0.15, -0.1) is 34.2 Å². The number of likely N-dealkylation sites (tertiary alicyclic amines) is 1. The Kier molecular flexibility index (Phi) is 11.9. The van der Waals surface area contributed by atoms with Crippen LogP contribution in [0.3, 0.4) is 0 Å². The maximum atomic E-state index is 4.87. The topological polar surface area (TPSA) is 70.4 Å². The van der Waals surface area contributed by atoms with E-state index in [1.807, 2.05) is 30.3 Å². The van der Waals surface area contributed by atoms with Gasteiger partial charge in [-0.1, -0.05) is 25.7 Å². The van der Waals surface area contributed by atoms with Gasteiger partial charge in [-0.25, -0.2) is 4.99 Å². The van der Waals surface area contributed by atoms with Crippen molar-refractivity contribution in [1.82, 2.24) is 30.3 Å². The summed E-state index contributed by atoms with van der Waals surface area (Å²) >= 11 is 1.89. The molecular formula is C22H42IN7S. The van der Waals surface area contributed by atoms with Crippen LogP contribution in [0, 0.1) is 6.92 Å². The van der Waals surface area contributed by atoms with Crippen molar-refractivity contribution in [3.05, 3.63) is 11.6 Å². The molecule has 0 aromatic carbocycles. The van der Waals surface area contributed by atoms with Gasteiger partial charge in [-0.2, -0.15) is 11.8 Å². The molecule has 0 radical (unpaired) electrons. The zero-order valence-electron chi connectivity index (χ0n) is 19.7. The lowest BCUT2D eigenvalue weighted by molar-refractivity contribution is 0.0368. The summed E-state index contributed by atoms with van der Waals surface area (Å²) in [5, 5.41) is 15.7. The van der Waals surface area contributed by atoms with Gasteiger partial charge < -0.3 is 15.2 Å². The van der Waals surface area contributed by atoms with Crippen molar-refractivity contribution >= 4 is 41.7 Å². The molecule has 3 rings (SSSR count). The highest BCUT2D eigenvalue weighted by molar-refractivity contribution is 14.0. The third-order valence-corrected chi connectivity index (χ3v) is 7.47. The lowest BCUT2D eigenvalue weighted by Gasteiger charge is -2.48. The monoisotopic (exact) mass is 563 g/mol. The zero-order chi connectivity index (χ0) is 21.2. The van der Waals surface area contributed by atoms with Crippen LogP contribution in [0.25, 0.3) is 0 Å². The van der Waals surface area contributed by atoms with Crippen molar-refractivity contribution in [2.45, 2.75) is 76.8 Å². The number of aliphatic imine (C=N–C) groups is 1. The molecule has 31 heavy (non-hydrogen) atoms. The van der Waals surface area contributed by atoms with Gasteiger partial charge in [0.1, 0.15) is 12.4 Å². The summed E-state index contributed by atoms with van der Waals surface area (Å²) in [6.45, 7) is 6.97. The van der Waals surface area contributed by atoms with Crippen LogP contribution in [0.2, 0.25) is 0 Å². The van der Waals surface area contributed by atoms with Gasteiger partial charge in [-0.05, 0) is 64.1 Å². The Morgan fingerprint density at radius 1 is 1.06 bits per heavy atom. The second-order valence-electron chi connectivity index (χ2n) is 8.85. The van der Waals surface area contributed by atoms with Crippen LogP contribution < -0.4 is 10.6 Å². The first-order valence-corrected chi connectivity index (χ1v) is 13.1. The molecule has 2 N–H and O–H groups in total. The van der Waals surface area contributed by atoms with Crippen LogP contribution in [0.15, 0.2) is 4.99 Å². The molecule has 1 aromatic heterocycles. The average molecular weight is 564 g/mol. The number of aryl methyl sites for hydroxylation is 1. The van der Waals surface area contributed by atoms with Crippen molar-refractivity contribution in [1.29, 1.82) is 0 Å². The van der Waals surface area contributed by atoms with Crippen LogP contribution in [0.1, 0.15) is 69.4 Å². The standard InChI is InChI=1S/C22H41N7S.HI/c1-19-26-27-20(28(19)2)17-24-21(23-13-10-16-30-3)25-18-22(11-6-4-7-12-22)29-14-8-5-9-15-29;/h4-18H2,1-3H3,(H2,23,24,25);1H. The van der Waals surface area contributed by atoms with Crippen LogP contribution in [-0.2, 0) is 13.6 Å². The molecule has 2 heterocycles. The molecule has 1 saturated heterocycles. The maximum Gasteiger partial charge on any atom is 0.191 e. The average Bonchev–Trinajstić information content (AvgIpc) is 3.11. The predicted octanol–water partition coefficient (Wildman–Crippen LogP) is 3.72. The highest BCUT2D eigenvalue weighted by atomic mass is 127. The first-order valence-electron chi connectivity index (χ1n) is 11.8. The van der Waals surface area contributed by atoms with Crippen molar-refractivity contribution in [3.8, 4) is 0 Å². The van der Waals surface area contributed by atoms with E-state index in [4.69, 9.17) is 4.99 Å². The summed E-state index contributed by atoms with van der Waals surface area (Å²) < 4.78 is 2.02. The van der Waals surface area contributed by atoms with Crippen LogP contribution >= 0.6 is 35.7 Å². The predicted molar refractivity (Wildman–Crippen MR) is 143 cm³/mol. The highest BCUT2D eigenvalue weighted by Crippen LogP contribution is 2.35. The second kappa shape index (κ2) is 13.9. The molecule has 9 heteroatoms. The van der Waals surface area contributed by atoms with Gasteiger partial charge in [-0.3, -0.25) is 4.90 Å². The Balaban J connectivity index is 0.00000341. The third kappa shape index (κ3) is 7.77. The second-order valence-corrected chi connectivity index (χ2v) is 9.83. The van der Waals surface area contributed by atoms with E-state index in [2.05, 4.69) is 32.0 Å². The van der Waals surface area contributed by atoms with Crippen molar-refractivity contribution < 1.29 is 0 Å². The Morgan fingerprint density at radius 3 is 2.42 bits per heavy atom. The molecule has 2 fully saturated rings. The molecule has 1 aliphatic heterocycles. The van der Waals surface area contributed by atoms with Gasteiger partial charge in [0.15, 0.2) is 11.8 Å². The van der Waals surface area contributed by atoms with Crippen molar-refractivity contribution in [2.24, 2.45) is 12.0 Å². The number of guanidine groups is 1. The van der Waals surface area contributed by atoms with E-state index in [1.165, 1.54) is 70.2 Å². The fourth-order valence-electron chi connectivity index (χ4n) is 4.77. The number of halogens is 1. The molecule has 1 aliphatic carbocycles. The van der Waals surface area contributed by atoms with E-state index in [0.717, 1.165) is 37.1 Å². The van der Waals surface area contributed by atoms with E-state index >= 15 is 0 Å². The molecular weight excluding hydrogens is 521 g/mol. The molecule has 178 valence electrons. The van der Waals surface area contributed by atoms with E-state index < -0.39 is 0 Å². The summed E-state index contributed by atoms with van der Waals surface area (Å²) in [6, 6.07) is 0. The highest BCUT2D eigenvalue weighted by Gasteiger charge is 2.38. The van der Waals surface area contributed by atoms with Gasteiger partial charge >= 0.3 is 0 Å². The number of hydrogen-bond acceptors (Lipinski definition) is 5. The fourth-order valence-corrected chi connectivity index (χ4v) is 5.20. The minimum absolute atomic E-state index is 0. The quantitative estimate of drug-likeness (QED) is 0.207. The molecule has 0 spiro atoms. The molecule has 1 saturated carbocycles. The maximum absolute atomic E-state index is 4.87.